The standard InChI is InChI=1S/C11H14Cl2IN/c12-10-5-3-4-9(11(10)13)8-15-7-2-1-6-14/h3-5,15H,1-2,6-8H2. The van der Waals surface area contributed by atoms with E-state index in [0.717, 1.165) is 18.7 Å². The Kier molecular flexibility index (Phi) is 6.97. The van der Waals surface area contributed by atoms with Gasteiger partial charge < -0.3 is 5.32 Å². The molecular weight excluding hydrogens is 344 g/mol. The van der Waals surface area contributed by atoms with Gasteiger partial charge in [0.25, 0.3) is 0 Å². The molecule has 0 aliphatic heterocycles. The molecule has 0 atom stereocenters. The van der Waals surface area contributed by atoms with Crippen LogP contribution in [0.3, 0.4) is 0 Å². The van der Waals surface area contributed by atoms with Crippen LogP contribution in [-0.4, -0.2) is 11.0 Å². The van der Waals surface area contributed by atoms with Gasteiger partial charge in [0.2, 0.25) is 0 Å². The summed E-state index contributed by atoms with van der Waals surface area (Å²) < 4.78 is 1.22. The maximum absolute atomic E-state index is 6.06. The van der Waals surface area contributed by atoms with E-state index in [1.165, 1.54) is 17.3 Å². The van der Waals surface area contributed by atoms with Crippen molar-refractivity contribution in [2.45, 2.75) is 19.4 Å². The molecular formula is C11H14Cl2IN. The molecule has 15 heavy (non-hydrogen) atoms. The summed E-state index contributed by atoms with van der Waals surface area (Å²) in [4.78, 5) is 0. The third-order valence-electron chi connectivity index (χ3n) is 2.08. The van der Waals surface area contributed by atoms with Gasteiger partial charge >= 0.3 is 0 Å². The first-order valence-electron chi connectivity index (χ1n) is 4.95. The van der Waals surface area contributed by atoms with Crippen LogP contribution in [0.15, 0.2) is 18.2 Å². The summed E-state index contributed by atoms with van der Waals surface area (Å²) in [5.41, 5.74) is 1.07. The van der Waals surface area contributed by atoms with Gasteiger partial charge in [-0.05, 0) is 35.4 Å². The van der Waals surface area contributed by atoms with Gasteiger partial charge in [0.15, 0.2) is 0 Å². The average Bonchev–Trinajstić information content (AvgIpc) is 2.24. The molecule has 1 nitrogen and oxygen atoms in total. The monoisotopic (exact) mass is 357 g/mol. The zero-order valence-corrected chi connectivity index (χ0v) is 12.1. The molecule has 1 rings (SSSR count). The van der Waals surface area contributed by atoms with Gasteiger partial charge in [0.1, 0.15) is 0 Å². The first kappa shape index (κ1) is 13.6. The molecule has 0 saturated carbocycles. The van der Waals surface area contributed by atoms with Crippen molar-refractivity contribution in [1.82, 2.24) is 5.32 Å². The van der Waals surface area contributed by atoms with Crippen molar-refractivity contribution in [2.24, 2.45) is 0 Å². The second kappa shape index (κ2) is 7.71. The van der Waals surface area contributed by atoms with Crippen LogP contribution in [0.2, 0.25) is 10.0 Å². The summed E-state index contributed by atoms with van der Waals surface area (Å²) in [7, 11) is 0. The highest BCUT2D eigenvalue weighted by molar-refractivity contribution is 14.1. The van der Waals surface area contributed by atoms with E-state index in [1.54, 1.807) is 0 Å². The van der Waals surface area contributed by atoms with E-state index in [2.05, 4.69) is 27.9 Å². The first-order chi connectivity index (χ1) is 7.25. The third kappa shape index (κ3) is 4.89. The van der Waals surface area contributed by atoms with Crippen LogP contribution in [-0.2, 0) is 6.54 Å². The molecule has 0 spiro atoms. The molecule has 0 aliphatic rings. The van der Waals surface area contributed by atoms with Gasteiger partial charge in [0, 0.05) is 6.54 Å². The lowest BCUT2D eigenvalue weighted by atomic mass is 10.2. The van der Waals surface area contributed by atoms with Crippen LogP contribution < -0.4 is 5.32 Å². The molecule has 0 aromatic heterocycles. The Labute approximate surface area is 115 Å². The normalized spacial score (nSPS) is 10.6. The van der Waals surface area contributed by atoms with Gasteiger partial charge in [-0.3, -0.25) is 0 Å². The molecule has 0 amide bonds. The largest absolute Gasteiger partial charge is 0.313 e. The van der Waals surface area contributed by atoms with Crippen molar-refractivity contribution in [3.63, 3.8) is 0 Å². The fourth-order valence-corrected chi connectivity index (χ4v) is 2.18. The van der Waals surface area contributed by atoms with E-state index in [1.807, 2.05) is 18.2 Å². The predicted molar refractivity (Wildman–Crippen MR) is 76.3 cm³/mol. The van der Waals surface area contributed by atoms with E-state index in [-0.39, 0.29) is 0 Å². The number of unbranched alkanes of at least 4 members (excludes halogenated alkanes) is 1. The molecule has 84 valence electrons. The lowest BCUT2D eigenvalue weighted by Gasteiger charge is -2.07. The topological polar surface area (TPSA) is 12.0 Å². The van der Waals surface area contributed by atoms with E-state index in [4.69, 9.17) is 23.2 Å². The molecule has 0 radical (unpaired) electrons. The summed E-state index contributed by atoms with van der Waals surface area (Å²) in [6.07, 6.45) is 2.47. The fourth-order valence-electron chi connectivity index (χ4n) is 1.25. The van der Waals surface area contributed by atoms with Gasteiger partial charge in [-0.2, -0.15) is 0 Å². The summed E-state index contributed by atoms with van der Waals surface area (Å²) in [6.45, 7) is 1.83. The Morgan fingerprint density at radius 2 is 2.00 bits per heavy atom. The Bertz CT molecular complexity index is 305. The quantitative estimate of drug-likeness (QED) is 0.454. The second-order valence-corrected chi connectivity index (χ2v) is 5.15. The highest BCUT2D eigenvalue weighted by Crippen LogP contribution is 2.25. The molecule has 0 fully saturated rings. The van der Waals surface area contributed by atoms with Crippen LogP contribution >= 0.6 is 45.8 Å². The Morgan fingerprint density at radius 1 is 1.20 bits per heavy atom. The SMILES string of the molecule is Clc1cccc(CNCCCCI)c1Cl. The Morgan fingerprint density at radius 3 is 2.73 bits per heavy atom. The zero-order chi connectivity index (χ0) is 11.1. The molecule has 0 heterocycles. The number of nitrogens with one attached hydrogen (secondary N) is 1. The number of halogens is 3. The van der Waals surface area contributed by atoms with Gasteiger partial charge in [-0.1, -0.05) is 57.9 Å². The van der Waals surface area contributed by atoms with E-state index < -0.39 is 0 Å². The van der Waals surface area contributed by atoms with E-state index in [0.29, 0.717) is 10.0 Å². The molecule has 0 saturated heterocycles. The molecule has 0 bridgehead atoms. The van der Waals surface area contributed by atoms with E-state index >= 15 is 0 Å². The van der Waals surface area contributed by atoms with Crippen LogP contribution in [0.25, 0.3) is 0 Å². The van der Waals surface area contributed by atoms with Crippen molar-refractivity contribution in [1.29, 1.82) is 0 Å². The third-order valence-corrected chi connectivity index (χ3v) is 3.71. The smallest absolute Gasteiger partial charge is 0.0637 e. The zero-order valence-electron chi connectivity index (χ0n) is 8.40. The number of hydrogen-bond donors (Lipinski definition) is 1. The number of hydrogen-bond acceptors (Lipinski definition) is 1. The lowest BCUT2D eigenvalue weighted by Crippen LogP contribution is -2.15. The second-order valence-electron chi connectivity index (χ2n) is 3.29. The number of rotatable bonds is 6. The maximum atomic E-state index is 6.06. The molecule has 4 heteroatoms. The summed E-state index contributed by atoms with van der Waals surface area (Å²) in [5, 5.41) is 4.65. The maximum Gasteiger partial charge on any atom is 0.0637 e. The minimum absolute atomic E-state index is 0.628. The summed E-state index contributed by atoms with van der Waals surface area (Å²) in [5.74, 6) is 0. The van der Waals surface area contributed by atoms with Crippen LogP contribution in [0.1, 0.15) is 18.4 Å². The van der Waals surface area contributed by atoms with Crippen LogP contribution in [0.5, 0.6) is 0 Å². The van der Waals surface area contributed by atoms with Crippen LogP contribution in [0, 0.1) is 0 Å². The number of alkyl halides is 1. The first-order valence-corrected chi connectivity index (χ1v) is 7.23. The lowest BCUT2D eigenvalue weighted by molar-refractivity contribution is 0.646. The van der Waals surface area contributed by atoms with E-state index in [9.17, 15) is 0 Å². The average molecular weight is 358 g/mol. The summed E-state index contributed by atoms with van der Waals surface area (Å²) in [6, 6.07) is 5.74. The highest BCUT2D eigenvalue weighted by Gasteiger charge is 2.02. The van der Waals surface area contributed by atoms with Crippen molar-refractivity contribution in [2.75, 3.05) is 11.0 Å². The minimum Gasteiger partial charge on any atom is -0.313 e. The molecule has 0 unspecified atom stereocenters. The highest BCUT2D eigenvalue weighted by atomic mass is 127. The minimum atomic E-state index is 0.628. The Balaban J connectivity index is 2.34. The van der Waals surface area contributed by atoms with Crippen LogP contribution in [0.4, 0.5) is 0 Å². The van der Waals surface area contributed by atoms with Crippen molar-refractivity contribution in [3.05, 3.63) is 33.8 Å². The molecule has 0 aliphatic carbocycles. The van der Waals surface area contributed by atoms with Gasteiger partial charge in [-0.25, -0.2) is 0 Å². The van der Waals surface area contributed by atoms with Crippen molar-refractivity contribution in [3.8, 4) is 0 Å². The van der Waals surface area contributed by atoms with Gasteiger partial charge in [0.05, 0.1) is 10.0 Å². The molecule has 1 aromatic carbocycles. The molecule has 1 N–H and O–H groups in total. The van der Waals surface area contributed by atoms with Gasteiger partial charge in [-0.15, -0.1) is 0 Å². The molecule has 1 aromatic rings. The summed E-state index contributed by atoms with van der Waals surface area (Å²) >= 11 is 14.4. The predicted octanol–water partition coefficient (Wildman–Crippen LogP) is 4.30. The Hall–Kier alpha value is 0.490. The fraction of sp³-hybridized carbons (Fsp3) is 0.455. The van der Waals surface area contributed by atoms with Crippen molar-refractivity contribution < 1.29 is 0 Å². The number of benzene rings is 1. The van der Waals surface area contributed by atoms with Crippen molar-refractivity contribution >= 4 is 45.8 Å².